The summed E-state index contributed by atoms with van der Waals surface area (Å²) in [6.45, 7) is 4.06. The van der Waals surface area contributed by atoms with E-state index in [4.69, 9.17) is 4.98 Å². The fraction of sp³-hybridized carbons (Fsp3) is 0.462. The van der Waals surface area contributed by atoms with Crippen molar-refractivity contribution >= 4 is 17.6 Å². The van der Waals surface area contributed by atoms with Crippen LogP contribution in [0.5, 0.6) is 0 Å². The van der Waals surface area contributed by atoms with Crippen LogP contribution < -0.4 is 5.32 Å². The maximum Gasteiger partial charge on any atom is 0.165 e. The first-order chi connectivity index (χ1) is 9.11. The van der Waals surface area contributed by atoms with Crippen molar-refractivity contribution in [1.82, 2.24) is 19.7 Å². The summed E-state index contributed by atoms with van der Waals surface area (Å²) in [6, 6.07) is 0. The predicted octanol–water partition coefficient (Wildman–Crippen LogP) is 2.28. The van der Waals surface area contributed by atoms with E-state index < -0.39 is 0 Å². The van der Waals surface area contributed by atoms with Crippen molar-refractivity contribution in [3.8, 4) is 11.4 Å². The van der Waals surface area contributed by atoms with Crippen LogP contribution in [0.2, 0.25) is 0 Å². The molecule has 0 bridgehead atoms. The molecule has 0 fully saturated rings. The van der Waals surface area contributed by atoms with Gasteiger partial charge in [-0.3, -0.25) is 4.68 Å². The minimum Gasteiger partial charge on any atom is -0.373 e. The van der Waals surface area contributed by atoms with E-state index in [2.05, 4.69) is 22.3 Å². The summed E-state index contributed by atoms with van der Waals surface area (Å²) in [6.07, 6.45) is 0. The van der Waals surface area contributed by atoms with Crippen LogP contribution >= 0.6 is 11.8 Å². The number of hydrogen-bond acceptors (Lipinski definition) is 5. The van der Waals surface area contributed by atoms with Crippen LogP contribution in [0, 0.1) is 13.8 Å². The van der Waals surface area contributed by atoms with Crippen LogP contribution in [-0.2, 0) is 18.6 Å². The molecule has 0 radical (unpaired) electrons. The fourth-order valence-electron chi connectivity index (χ4n) is 2.47. The van der Waals surface area contributed by atoms with Gasteiger partial charge in [0.1, 0.15) is 5.82 Å². The minimum atomic E-state index is 0.786. The highest BCUT2D eigenvalue weighted by molar-refractivity contribution is 7.98. The normalized spacial score (nSPS) is 13.7. The van der Waals surface area contributed by atoms with Gasteiger partial charge in [0.05, 0.1) is 17.0 Å². The molecule has 19 heavy (non-hydrogen) atoms. The number of fused-ring (bicyclic) bond motifs is 1. The molecular weight excluding hydrogens is 258 g/mol. The van der Waals surface area contributed by atoms with Gasteiger partial charge in [0.2, 0.25) is 0 Å². The number of aromatic nitrogens is 4. The van der Waals surface area contributed by atoms with Gasteiger partial charge >= 0.3 is 0 Å². The molecule has 0 saturated heterocycles. The molecule has 1 aliphatic rings. The van der Waals surface area contributed by atoms with E-state index in [0.717, 1.165) is 45.8 Å². The van der Waals surface area contributed by atoms with E-state index in [1.54, 1.807) is 0 Å². The number of anilines is 1. The summed E-state index contributed by atoms with van der Waals surface area (Å²) >= 11 is 1.89. The molecular formula is C13H17N5S. The van der Waals surface area contributed by atoms with Gasteiger partial charge < -0.3 is 5.32 Å². The molecule has 3 rings (SSSR count). The Kier molecular flexibility index (Phi) is 2.97. The summed E-state index contributed by atoms with van der Waals surface area (Å²) in [7, 11) is 3.87. The molecule has 6 heteroatoms. The second-order valence-electron chi connectivity index (χ2n) is 4.73. The lowest BCUT2D eigenvalue weighted by molar-refractivity contribution is 0.731. The van der Waals surface area contributed by atoms with Crippen molar-refractivity contribution < 1.29 is 0 Å². The molecule has 0 amide bonds. The number of aryl methyl sites for hydroxylation is 2. The Morgan fingerprint density at radius 1 is 1.21 bits per heavy atom. The lowest BCUT2D eigenvalue weighted by Gasteiger charge is -2.09. The quantitative estimate of drug-likeness (QED) is 0.911. The molecule has 2 aromatic rings. The average Bonchev–Trinajstić information content (AvgIpc) is 2.94. The Balaban J connectivity index is 2.21. The SMILES string of the molecule is CNc1nc(-c2c(C)nn(C)c2C)nc2c1CSC2. The molecule has 0 aromatic carbocycles. The van der Waals surface area contributed by atoms with E-state index in [9.17, 15) is 0 Å². The predicted molar refractivity (Wildman–Crippen MR) is 78.3 cm³/mol. The zero-order valence-electron chi connectivity index (χ0n) is 11.6. The third kappa shape index (κ3) is 1.90. The van der Waals surface area contributed by atoms with Gasteiger partial charge in [-0.2, -0.15) is 16.9 Å². The van der Waals surface area contributed by atoms with E-state index >= 15 is 0 Å². The van der Waals surface area contributed by atoms with E-state index in [1.807, 2.05) is 37.5 Å². The second kappa shape index (κ2) is 4.52. The first kappa shape index (κ1) is 12.5. The van der Waals surface area contributed by atoms with Crippen LogP contribution in [0.15, 0.2) is 0 Å². The maximum atomic E-state index is 4.74. The molecule has 0 atom stereocenters. The number of rotatable bonds is 2. The third-order valence-electron chi connectivity index (χ3n) is 3.55. The summed E-state index contributed by atoms with van der Waals surface area (Å²) in [5.74, 6) is 3.70. The van der Waals surface area contributed by atoms with Gasteiger partial charge in [0.25, 0.3) is 0 Å². The molecule has 2 aromatic heterocycles. The molecule has 1 aliphatic heterocycles. The van der Waals surface area contributed by atoms with E-state index in [1.165, 1.54) is 5.56 Å². The Morgan fingerprint density at radius 3 is 2.63 bits per heavy atom. The molecule has 5 nitrogen and oxygen atoms in total. The summed E-state index contributed by atoms with van der Waals surface area (Å²) in [5, 5.41) is 7.64. The Morgan fingerprint density at radius 2 is 2.00 bits per heavy atom. The van der Waals surface area contributed by atoms with E-state index in [0.29, 0.717) is 0 Å². The topological polar surface area (TPSA) is 55.6 Å². The summed E-state index contributed by atoms with van der Waals surface area (Å²) in [5.41, 5.74) is 5.54. The fourth-order valence-corrected chi connectivity index (χ4v) is 3.51. The van der Waals surface area contributed by atoms with Gasteiger partial charge in [0, 0.05) is 36.9 Å². The Labute approximate surface area is 116 Å². The van der Waals surface area contributed by atoms with Crippen LogP contribution in [0.4, 0.5) is 5.82 Å². The second-order valence-corrected chi connectivity index (χ2v) is 5.72. The highest BCUT2D eigenvalue weighted by atomic mass is 32.2. The summed E-state index contributed by atoms with van der Waals surface area (Å²) < 4.78 is 1.88. The standard InChI is InChI=1S/C13H17N5S/c1-7-11(8(2)18(4)17-7)13-15-10-6-19-5-9(10)12(14-3)16-13/h5-6H2,1-4H3,(H,14,15,16). The highest BCUT2D eigenvalue weighted by Gasteiger charge is 2.22. The first-order valence-electron chi connectivity index (χ1n) is 6.27. The van der Waals surface area contributed by atoms with Crippen LogP contribution in [-0.4, -0.2) is 26.8 Å². The van der Waals surface area contributed by atoms with Crippen molar-refractivity contribution in [3.63, 3.8) is 0 Å². The van der Waals surface area contributed by atoms with Gasteiger partial charge in [-0.05, 0) is 13.8 Å². The molecule has 0 spiro atoms. The number of nitrogens with zero attached hydrogens (tertiary/aromatic N) is 4. The summed E-state index contributed by atoms with van der Waals surface area (Å²) in [4.78, 5) is 9.42. The zero-order chi connectivity index (χ0) is 13.6. The van der Waals surface area contributed by atoms with Gasteiger partial charge in [-0.25, -0.2) is 9.97 Å². The molecule has 0 saturated carbocycles. The maximum absolute atomic E-state index is 4.74. The molecule has 3 heterocycles. The molecule has 0 aliphatic carbocycles. The molecule has 100 valence electrons. The minimum absolute atomic E-state index is 0.786. The first-order valence-corrected chi connectivity index (χ1v) is 7.43. The van der Waals surface area contributed by atoms with Gasteiger partial charge in [-0.1, -0.05) is 0 Å². The van der Waals surface area contributed by atoms with Crippen molar-refractivity contribution in [2.45, 2.75) is 25.4 Å². The smallest absolute Gasteiger partial charge is 0.165 e. The van der Waals surface area contributed by atoms with Crippen LogP contribution in [0.1, 0.15) is 22.6 Å². The van der Waals surface area contributed by atoms with Crippen molar-refractivity contribution in [2.24, 2.45) is 7.05 Å². The Bertz CT molecular complexity index is 647. The zero-order valence-corrected chi connectivity index (χ0v) is 12.4. The van der Waals surface area contributed by atoms with Crippen molar-refractivity contribution in [1.29, 1.82) is 0 Å². The number of nitrogens with one attached hydrogen (secondary N) is 1. The number of thioether (sulfide) groups is 1. The Hall–Kier alpha value is -1.56. The molecule has 1 N–H and O–H groups in total. The number of hydrogen-bond donors (Lipinski definition) is 1. The largest absolute Gasteiger partial charge is 0.373 e. The lowest BCUT2D eigenvalue weighted by Crippen LogP contribution is -2.04. The van der Waals surface area contributed by atoms with E-state index in [-0.39, 0.29) is 0 Å². The van der Waals surface area contributed by atoms with Gasteiger partial charge in [0.15, 0.2) is 5.82 Å². The van der Waals surface area contributed by atoms with Crippen LogP contribution in [0.25, 0.3) is 11.4 Å². The van der Waals surface area contributed by atoms with Crippen molar-refractivity contribution in [3.05, 3.63) is 22.6 Å². The average molecular weight is 275 g/mol. The lowest BCUT2D eigenvalue weighted by atomic mass is 10.1. The third-order valence-corrected chi connectivity index (χ3v) is 4.52. The monoisotopic (exact) mass is 275 g/mol. The van der Waals surface area contributed by atoms with Crippen molar-refractivity contribution in [2.75, 3.05) is 12.4 Å². The van der Waals surface area contributed by atoms with Crippen LogP contribution in [0.3, 0.4) is 0 Å². The highest BCUT2D eigenvalue weighted by Crippen LogP contribution is 2.35. The molecule has 0 unspecified atom stereocenters. The van der Waals surface area contributed by atoms with Gasteiger partial charge in [-0.15, -0.1) is 0 Å².